The molecule has 0 fully saturated rings. The number of aromatic nitrogens is 2. The molecule has 2 N–H and O–H groups in total. The Hall–Kier alpha value is -0.910. The van der Waals surface area contributed by atoms with Gasteiger partial charge in [-0.1, -0.05) is 6.92 Å². The van der Waals surface area contributed by atoms with Crippen LogP contribution >= 0.6 is 0 Å². The van der Waals surface area contributed by atoms with Crippen LogP contribution in [0.2, 0.25) is 0 Å². The number of nitrogens with one attached hydrogen (secondary N) is 1. The van der Waals surface area contributed by atoms with E-state index in [9.17, 15) is 0 Å². The van der Waals surface area contributed by atoms with E-state index in [0.29, 0.717) is 18.6 Å². The molecule has 2 rings (SSSR count). The van der Waals surface area contributed by atoms with Crippen LogP contribution in [0.4, 0.5) is 0 Å². The fourth-order valence-corrected chi connectivity index (χ4v) is 2.85. The first kappa shape index (κ1) is 14.5. The Morgan fingerprint density at radius 1 is 1.63 bits per heavy atom. The van der Waals surface area contributed by atoms with Crippen LogP contribution in [0.5, 0.6) is 0 Å². The summed E-state index contributed by atoms with van der Waals surface area (Å²) in [5, 5.41) is 17.1. The highest BCUT2D eigenvalue weighted by molar-refractivity contribution is 5.25. The van der Waals surface area contributed by atoms with E-state index in [1.54, 1.807) is 7.11 Å². The molecule has 5 nitrogen and oxygen atoms in total. The number of aliphatic hydroxyl groups is 1. The SMILES string of the molecule is CCC(COC)NC1CCCc2c1cnn2CCO. The molecular formula is C14H25N3O2. The van der Waals surface area contributed by atoms with E-state index in [4.69, 9.17) is 9.84 Å². The van der Waals surface area contributed by atoms with Crippen molar-refractivity contribution < 1.29 is 9.84 Å². The summed E-state index contributed by atoms with van der Waals surface area (Å²) in [6.45, 7) is 3.66. The Bertz CT molecular complexity index is 392. The average Bonchev–Trinajstić information content (AvgIpc) is 2.83. The van der Waals surface area contributed by atoms with E-state index in [-0.39, 0.29) is 6.61 Å². The molecule has 19 heavy (non-hydrogen) atoms. The van der Waals surface area contributed by atoms with Crippen LogP contribution in [0.3, 0.4) is 0 Å². The molecule has 0 aliphatic heterocycles. The average molecular weight is 267 g/mol. The van der Waals surface area contributed by atoms with E-state index in [0.717, 1.165) is 25.9 Å². The zero-order valence-corrected chi connectivity index (χ0v) is 11.9. The Morgan fingerprint density at radius 2 is 2.47 bits per heavy atom. The van der Waals surface area contributed by atoms with E-state index in [1.807, 2.05) is 10.9 Å². The molecule has 0 aromatic carbocycles. The fourth-order valence-electron chi connectivity index (χ4n) is 2.85. The summed E-state index contributed by atoms with van der Waals surface area (Å²) in [6.07, 6.45) is 6.41. The number of fused-ring (bicyclic) bond motifs is 1. The van der Waals surface area contributed by atoms with Crippen LogP contribution in [-0.2, 0) is 17.7 Å². The standard InChI is InChI=1S/C14H25N3O2/c1-3-11(10-19-2)16-13-5-4-6-14-12(13)9-15-17(14)7-8-18/h9,11,13,16,18H,3-8,10H2,1-2H3. The second-order valence-electron chi connectivity index (χ2n) is 5.17. The quantitative estimate of drug-likeness (QED) is 0.781. The second kappa shape index (κ2) is 7.03. The third kappa shape index (κ3) is 3.35. The van der Waals surface area contributed by atoms with Crippen molar-refractivity contribution in [3.8, 4) is 0 Å². The zero-order chi connectivity index (χ0) is 13.7. The summed E-state index contributed by atoms with van der Waals surface area (Å²) < 4.78 is 7.20. The highest BCUT2D eigenvalue weighted by atomic mass is 16.5. The molecule has 5 heteroatoms. The molecule has 2 atom stereocenters. The summed E-state index contributed by atoms with van der Waals surface area (Å²) in [7, 11) is 1.75. The minimum absolute atomic E-state index is 0.146. The number of hydrogen-bond acceptors (Lipinski definition) is 4. The number of nitrogens with zero attached hydrogens (tertiary/aromatic N) is 2. The number of methoxy groups -OCH3 is 1. The number of aliphatic hydroxyl groups excluding tert-OH is 1. The van der Waals surface area contributed by atoms with E-state index in [1.165, 1.54) is 17.7 Å². The molecule has 0 spiro atoms. The van der Waals surface area contributed by atoms with Crippen molar-refractivity contribution >= 4 is 0 Å². The molecule has 0 amide bonds. The molecule has 1 heterocycles. The van der Waals surface area contributed by atoms with Crippen LogP contribution in [0.15, 0.2) is 6.20 Å². The lowest BCUT2D eigenvalue weighted by Gasteiger charge is -2.28. The molecule has 108 valence electrons. The van der Waals surface area contributed by atoms with Gasteiger partial charge in [-0.3, -0.25) is 4.68 Å². The largest absolute Gasteiger partial charge is 0.394 e. The van der Waals surface area contributed by atoms with Gasteiger partial charge in [-0.15, -0.1) is 0 Å². The van der Waals surface area contributed by atoms with Crippen molar-refractivity contribution in [2.24, 2.45) is 0 Å². The minimum atomic E-state index is 0.146. The maximum atomic E-state index is 9.07. The van der Waals surface area contributed by atoms with Gasteiger partial charge in [0.1, 0.15) is 0 Å². The van der Waals surface area contributed by atoms with Crippen LogP contribution in [-0.4, -0.2) is 41.3 Å². The van der Waals surface area contributed by atoms with Crippen LogP contribution in [0.1, 0.15) is 43.5 Å². The topological polar surface area (TPSA) is 59.3 Å². The highest BCUT2D eigenvalue weighted by Gasteiger charge is 2.25. The molecule has 0 saturated carbocycles. The summed E-state index contributed by atoms with van der Waals surface area (Å²) in [5.74, 6) is 0. The summed E-state index contributed by atoms with van der Waals surface area (Å²) >= 11 is 0. The van der Waals surface area contributed by atoms with Gasteiger partial charge in [-0.25, -0.2) is 0 Å². The summed E-state index contributed by atoms with van der Waals surface area (Å²) in [4.78, 5) is 0. The third-order valence-electron chi connectivity index (χ3n) is 3.87. The Balaban J connectivity index is 2.09. The van der Waals surface area contributed by atoms with E-state index < -0.39 is 0 Å². The van der Waals surface area contributed by atoms with Gasteiger partial charge in [0.15, 0.2) is 0 Å². The number of ether oxygens (including phenoxy) is 1. The van der Waals surface area contributed by atoms with Gasteiger partial charge in [-0.05, 0) is 25.7 Å². The fraction of sp³-hybridized carbons (Fsp3) is 0.786. The number of hydrogen-bond donors (Lipinski definition) is 2. The Labute approximate surface area is 115 Å². The lowest BCUT2D eigenvalue weighted by atomic mass is 9.92. The second-order valence-corrected chi connectivity index (χ2v) is 5.17. The number of rotatable bonds is 7. The predicted molar refractivity (Wildman–Crippen MR) is 74.1 cm³/mol. The lowest BCUT2D eigenvalue weighted by molar-refractivity contribution is 0.156. The van der Waals surface area contributed by atoms with Gasteiger partial charge in [0.05, 0.1) is 26.0 Å². The van der Waals surface area contributed by atoms with Gasteiger partial charge in [0.25, 0.3) is 0 Å². The first-order valence-corrected chi connectivity index (χ1v) is 7.20. The maximum Gasteiger partial charge on any atom is 0.0644 e. The first-order valence-electron chi connectivity index (χ1n) is 7.20. The van der Waals surface area contributed by atoms with Crippen molar-refractivity contribution in [3.63, 3.8) is 0 Å². The predicted octanol–water partition coefficient (Wildman–Crippen LogP) is 1.27. The van der Waals surface area contributed by atoms with Crippen LogP contribution < -0.4 is 5.32 Å². The normalized spacial score (nSPS) is 20.3. The van der Waals surface area contributed by atoms with Gasteiger partial charge >= 0.3 is 0 Å². The molecular weight excluding hydrogens is 242 g/mol. The lowest BCUT2D eigenvalue weighted by Crippen LogP contribution is -2.37. The molecule has 1 aromatic heterocycles. The van der Waals surface area contributed by atoms with Gasteiger partial charge in [0.2, 0.25) is 0 Å². The van der Waals surface area contributed by atoms with Gasteiger partial charge < -0.3 is 15.2 Å². The molecule has 1 aromatic rings. The molecule has 0 radical (unpaired) electrons. The molecule has 1 aliphatic carbocycles. The van der Waals surface area contributed by atoms with E-state index >= 15 is 0 Å². The Kier molecular flexibility index (Phi) is 5.36. The first-order chi connectivity index (χ1) is 9.30. The van der Waals surface area contributed by atoms with Crippen LogP contribution in [0.25, 0.3) is 0 Å². The molecule has 2 unspecified atom stereocenters. The summed E-state index contributed by atoms with van der Waals surface area (Å²) in [6, 6.07) is 0.762. The molecule has 1 aliphatic rings. The Morgan fingerprint density at radius 3 is 3.16 bits per heavy atom. The van der Waals surface area contributed by atoms with Crippen molar-refractivity contribution in [2.75, 3.05) is 20.3 Å². The van der Waals surface area contributed by atoms with Crippen molar-refractivity contribution in [2.45, 2.75) is 51.2 Å². The van der Waals surface area contributed by atoms with E-state index in [2.05, 4.69) is 17.3 Å². The van der Waals surface area contributed by atoms with Crippen molar-refractivity contribution in [3.05, 3.63) is 17.5 Å². The summed E-state index contributed by atoms with van der Waals surface area (Å²) in [5.41, 5.74) is 2.58. The zero-order valence-electron chi connectivity index (χ0n) is 11.9. The monoisotopic (exact) mass is 267 g/mol. The maximum absolute atomic E-state index is 9.07. The highest BCUT2D eigenvalue weighted by Crippen LogP contribution is 2.30. The van der Waals surface area contributed by atoms with Gasteiger partial charge in [0, 0.05) is 30.5 Å². The molecule has 0 saturated heterocycles. The smallest absolute Gasteiger partial charge is 0.0644 e. The van der Waals surface area contributed by atoms with Crippen LogP contribution in [0, 0.1) is 0 Å². The van der Waals surface area contributed by atoms with Crippen molar-refractivity contribution in [1.82, 2.24) is 15.1 Å². The minimum Gasteiger partial charge on any atom is -0.394 e. The van der Waals surface area contributed by atoms with Gasteiger partial charge in [-0.2, -0.15) is 5.10 Å². The molecule has 0 bridgehead atoms. The third-order valence-corrected chi connectivity index (χ3v) is 3.87. The van der Waals surface area contributed by atoms with Crippen molar-refractivity contribution in [1.29, 1.82) is 0 Å².